The monoisotopic (exact) mass is 588 g/mol. The lowest BCUT2D eigenvalue weighted by molar-refractivity contribution is -0.138. The number of phenolic OH excluding ortho intramolecular Hbond substituents is 2. The Morgan fingerprint density at radius 2 is 0.714 bits per heavy atom. The van der Waals surface area contributed by atoms with Gasteiger partial charge in [0.05, 0.1) is 0 Å². The second-order valence-electron chi connectivity index (χ2n) is 14.9. The van der Waals surface area contributed by atoms with Crippen LogP contribution in [-0.2, 0) is 44.1 Å². The molecule has 0 amide bonds. The van der Waals surface area contributed by atoms with Gasteiger partial charge in [0.15, 0.2) is 0 Å². The molecule has 0 aliphatic carbocycles. The quantitative estimate of drug-likeness (QED) is 0.158. The molecule has 8 heteroatoms. The molecule has 0 saturated heterocycles. The minimum absolute atomic E-state index is 0.109. The molecule has 238 valence electrons. The molecule has 0 unspecified atom stereocenters. The number of phenols is 2. The molecule has 2 aromatic carbocycles. The first-order valence-electron chi connectivity index (χ1n) is 14.4. The molecule has 42 heavy (non-hydrogen) atoms. The third kappa shape index (κ3) is 12.0. The first-order valence-corrected chi connectivity index (χ1v) is 14.4. The van der Waals surface area contributed by atoms with Crippen LogP contribution in [0.5, 0.6) is 11.5 Å². The highest BCUT2D eigenvalue weighted by Gasteiger charge is 2.27. The number of benzene rings is 2. The highest BCUT2D eigenvalue weighted by Crippen LogP contribution is 2.41. The molecule has 0 spiro atoms. The number of carboxylic acids is 2. The minimum Gasteiger partial charge on any atom is -0.507 e. The lowest BCUT2D eigenvalue weighted by Crippen LogP contribution is -2.18. The molecule has 8 nitrogen and oxygen atoms in total. The highest BCUT2D eigenvalue weighted by molar-refractivity contribution is 5.67. The van der Waals surface area contributed by atoms with Crippen LogP contribution in [0, 0.1) is 0 Å². The summed E-state index contributed by atoms with van der Waals surface area (Å²) in [6.07, 6.45) is 1.19. The van der Waals surface area contributed by atoms with E-state index in [2.05, 4.69) is 94.8 Å². The number of hydrogen-bond acceptors (Lipinski definition) is 6. The zero-order valence-electron chi connectivity index (χ0n) is 27.9. The first-order chi connectivity index (χ1) is 18.9. The zero-order valence-corrected chi connectivity index (χ0v) is 27.9. The van der Waals surface area contributed by atoms with Crippen molar-refractivity contribution in [3.8, 4) is 11.5 Å². The van der Waals surface area contributed by atoms with Gasteiger partial charge in [0.1, 0.15) is 11.5 Å². The average Bonchev–Trinajstić information content (AvgIpc) is 2.81. The van der Waals surface area contributed by atoms with Crippen LogP contribution in [0.25, 0.3) is 0 Å². The number of aryl methyl sites for hydroxylation is 2. The van der Waals surface area contributed by atoms with Crippen molar-refractivity contribution >= 4 is 11.9 Å². The maximum atomic E-state index is 10.8. The number of aliphatic carboxylic acids is 2. The Bertz CT molecular complexity index is 1040. The molecule has 0 bridgehead atoms. The molecule has 8 N–H and O–H groups in total. The summed E-state index contributed by atoms with van der Waals surface area (Å²) in [6.45, 7) is 24.6. The number of aromatic hydroxyl groups is 2. The second-order valence-corrected chi connectivity index (χ2v) is 14.9. The van der Waals surface area contributed by atoms with Crippen LogP contribution in [0.4, 0.5) is 0 Å². The van der Waals surface area contributed by atoms with E-state index >= 15 is 0 Å². The normalized spacial score (nSPS) is 12.0. The van der Waals surface area contributed by atoms with Crippen molar-refractivity contribution < 1.29 is 30.0 Å². The first kappa shape index (κ1) is 38.9. The van der Waals surface area contributed by atoms with E-state index in [0.29, 0.717) is 24.3 Å². The standard InChI is InChI=1S/2C17H26O3.H4N2/c2*1-16(2,3)12-9-11(7-8-14(18)19)10-13(15(12)20)17(4,5)6;1-2/h2*9-10,20H,7-8H2,1-6H3,(H,18,19);1-2H2. The van der Waals surface area contributed by atoms with Crippen molar-refractivity contribution in [2.75, 3.05) is 0 Å². The number of hydrazine groups is 1. The Morgan fingerprint density at radius 3 is 0.857 bits per heavy atom. The lowest BCUT2D eigenvalue weighted by atomic mass is 9.78. The topological polar surface area (TPSA) is 167 Å². The second kappa shape index (κ2) is 14.9. The molecule has 0 aliphatic rings. The van der Waals surface area contributed by atoms with Gasteiger partial charge in [-0.05, 0) is 67.9 Å². The van der Waals surface area contributed by atoms with Crippen LogP contribution in [-0.4, -0.2) is 32.4 Å². The lowest BCUT2D eigenvalue weighted by Gasteiger charge is -2.28. The number of carbonyl (C=O) groups is 2. The maximum absolute atomic E-state index is 10.8. The SMILES string of the molecule is CC(C)(C)c1cc(CCC(=O)O)cc(C(C)(C)C)c1O.CC(C)(C)c1cc(CCC(=O)O)cc(C(C)(C)C)c1O.NN. The Morgan fingerprint density at radius 1 is 0.524 bits per heavy atom. The van der Waals surface area contributed by atoms with E-state index in [1.54, 1.807) is 0 Å². The van der Waals surface area contributed by atoms with Crippen molar-refractivity contribution in [2.24, 2.45) is 11.7 Å². The van der Waals surface area contributed by atoms with Crippen LogP contribution in [0.1, 0.15) is 129 Å². The molecular formula is C34H56N2O6. The van der Waals surface area contributed by atoms with Crippen LogP contribution >= 0.6 is 0 Å². The van der Waals surface area contributed by atoms with Gasteiger partial charge in [-0.1, -0.05) is 107 Å². The third-order valence-electron chi connectivity index (χ3n) is 6.83. The molecular weight excluding hydrogens is 532 g/mol. The summed E-state index contributed by atoms with van der Waals surface area (Å²) in [5.74, 6) is 7.08. The van der Waals surface area contributed by atoms with Gasteiger partial charge in [-0.3, -0.25) is 21.3 Å². The molecule has 0 fully saturated rings. The summed E-state index contributed by atoms with van der Waals surface area (Å²) in [7, 11) is 0. The van der Waals surface area contributed by atoms with E-state index in [9.17, 15) is 19.8 Å². The largest absolute Gasteiger partial charge is 0.507 e. The van der Waals surface area contributed by atoms with Crippen LogP contribution in [0.2, 0.25) is 0 Å². The van der Waals surface area contributed by atoms with E-state index < -0.39 is 11.9 Å². The van der Waals surface area contributed by atoms with E-state index in [-0.39, 0.29) is 34.5 Å². The summed E-state index contributed by atoms with van der Waals surface area (Å²) < 4.78 is 0. The number of hydrogen-bond donors (Lipinski definition) is 6. The molecule has 2 rings (SSSR count). The summed E-state index contributed by atoms with van der Waals surface area (Å²) >= 11 is 0. The van der Waals surface area contributed by atoms with Gasteiger partial charge >= 0.3 is 11.9 Å². The fraction of sp³-hybridized carbons (Fsp3) is 0.588. The van der Waals surface area contributed by atoms with Crippen molar-refractivity contribution in [1.29, 1.82) is 0 Å². The summed E-state index contributed by atoms with van der Waals surface area (Å²) in [6, 6.07) is 7.75. The molecule has 2 aromatic rings. The van der Waals surface area contributed by atoms with E-state index in [4.69, 9.17) is 10.2 Å². The van der Waals surface area contributed by atoms with Crippen molar-refractivity contribution in [2.45, 2.75) is 130 Å². The minimum atomic E-state index is -0.798. The molecule has 0 heterocycles. The van der Waals surface area contributed by atoms with E-state index in [0.717, 1.165) is 33.4 Å². The average molecular weight is 589 g/mol. The Labute approximate surface area is 253 Å². The van der Waals surface area contributed by atoms with E-state index in [1.165, 1.54) is 0 Å². The fourth-order valence-electron chi connectivity index (χ4n) is 4.47. The predicted molar refractivity (Wildman–Crippen MR) is 171 cm³/mol. The van der Waals surface area contributed by atoms with Gasteiger partial charge in [0.25, 0.3) is 0 Å². The van der Waals surface area contributed by atoms with Crippen LogP contribution in [0.15, 0.2) is 24.3 Å². The summed E-state index contributed by atoms with van der Waals surface area (Å²) in [5, 5.41) is 38.8. The summed E-state index contributed by atoms with van der Waals surface area (Å²) in [4.78, 5) is 21.5. The molecule has 0 radical (unpaired) electrons. The van der Waals surface area contributed by atoms with Crippen molar-refractivity contribution in [1.82, 2.24) is 0 Å². The molecule has 0 saturated carbocycles. The number of carboxylic acid groups (broad SMARTS) is 2. The highest BCUT2D eigenvalue weighted by atomic mass is 16.4. The number of rotatable bonds is 6. The maximum Gasteiger partial charge on any atom is 0.303 e. The van der Waals surface area contributed by atoms with Crippen molar-refractivity contribution in [3.63, 3.8) is 0 Å². The Balaban J connectivity index is 0.000000756. The van der Waals surface area contributed by atoms with Gasteiger partial charge in [-0.25, -0.2) is 0 Å². The fourth-order valence-corrected chi connectivity index (χ4v) is 4.47. The van der Waals surface area contributed by atoms with Crippen molar-refractivity contribution in [3.05, 3.63) is 57.6 Å². The number of nitrogens with two attached hydrogens (primary N) is 2. The zero-order chi connectivity index (χ0) is 33.4. The molecule has 0 aliphatic heterocycles. The summed E-state index contributed by atoms with van der Waals surface area (Å²) in [5.41, 5.74) is 4.76. The van der Waals surface area contributed by atoms with Gasteiger partial charge in [-0.2, -0.15) is 0 Å². The predicted octanol–water partition coefficient (Wildman–Crippen LogP) is 6.83. The van der Waals surface area contributed by atoms with E-state index in [1.807, 2.05) is 24.3 Å². The van der Waals surface area contributed by atoms with Gasteiger partial charge < -0.3 is 20.4 Å². The van der Waals surface area contributed by atoms with Crippen LogP contribution in [0.3, 0.4) is 0 Å². The van der Waals surface area contributed by atoms with Gasteiger partial charge in [0, 0.05) is 12.8 Å². The third-order valence-corrected chi connectivity index (χ3v) is 6.83. The van der Waals surface area contributed by atoms with Gasteiger partial charge in [0.2, 0.25) is 0 Å². The van der Waals surface area contributed by atoms with Crippen LogP contribution < -0.4 is 11.7 Å². The Hall–Kier alpha value is -3.10. The smallest absolute Gasteiger partial charge is 0.303 e. The molecule has 0 atom stereocenters. The van der Waals surface area contributed by atoms with Gasteiger partial charge in [-0.15, -0.1) is 0 Å². The Kier molecular flexibility index (Phi) is 13.8. The molecule has 0 aromatic heterocycles.